The van der Waals surface area contributed by atoms with Gasteiger partial charge in [-0.05, 0) is 135 Å². The van der Waals surface area contributed by atoms with Crippen molar-refractivity contribution in [3.63, 3.8) is 0 Å². The van der Waals surface area contributed by atoms with E-state index in [1.165, 1.54) is 48.8 Å². The van der Waals surface area contributed by atoms with Gasteiger partial charge in [0.25, 0.3) is 0 Å². The van der Waals surface area contributed by atoms with Gasteiger partial charge in [-0.15, -0.1) is 0 Å². The zero-order valence-electron chi connectivity index (χ0n) is 38.1. The summed E-state index contributed by atoms with van der Waals surface area (Å²) in [7, 11) is -1.44. The SMILES string of the molecule is C[Si](C)(C)c1ccc(N(c2ccccc2)c2ccc(-c3cc4c5cccc6c5c(cc4c4ccccc34)-c3ccc(N(c4ccccc4)c4cccc5c4oc4ccccc45)cc3O6)cc2)cc1. The highest BCUT2D eigenvalue weighted by atomic mass is 28.3. The Kier molecular flexibility index (Phi) is 9.17. The largest absolute Gasteiger partial charge is 0.456 e. The molecule has 2 heterocycles. The van der Waals surface area contributed by atoms with Crippen molar-refractivity contribution in [2.75, 3.05) is 9.80 Å². The Morgan fingerprint density at radius 3 is 1.65 bits per heavy atom. The highest BCUT2D eigenvalue weighted by Gasteiger charge is 2.26. The third-order valence-electron chi connectivity index (χ3n) is 13.8. The molecule has 0 saturated carbocycles. The Morgan fingerprint density at radius 2 is 0.912 bits per heavy atom. The van der Waals surface area contributed by atoms with Crippen molar-refractivity contribution in [2.45, 2.75) is 19.6 Å². The molecule has 13 rings (SSSR count). The van der Waals surface area contributed by atoms with Crippen molar-refractivity contribution in [1.82, 2.24) is 0 Å². The normalized spacial score (nSPS) is 12.2. The first kappa shape index (κ1) is 39.9. The van der Waals surface area contributed by atoms with Crippen LogP contribution in [0.2, 0.25) is 19.6 Å². The molecule has 0 fully saturated rings. The summed E-state index contributed by atoms with van der Waals surface area (Å²) in [6.45, 7) is 7.20. The Bertz CT molecular complexity index is 3910. The molecule has 11 aromatic carbocycles. The van der Waals surface area contributed by atoms with Crippen LogP contribution in [-0.2, 0) is 0 Å². The summed E-state index contributed by atoms with van der Waals surface area (Å²) in [6.07, 6.45) is 0. The van der Waals surface area contributed by atoms with Crippen LogP contribution in [0.5, 0.6) is 11.5 Å². The Morgan fingerprint density at radius 1 is 0.353 bits per heavy atom. The predicted octanol–water partition coefficient (Wildman–Crippen LogP) is 18.0. The minimum atomic E-state index is -1.44. The van der Waals surface area contributed by atoms with E-state index in [0.717, 1.165) is 78.5 Å². The van der Waals surface area contributed by atoms with E-state index >= 15 is 0 Å². The van der Waals surface area contributed by atoms with Crippen molar-refractivity contribution in [3.8, 4) is 33.8 Å². The smallest absolute Gasteiger partial charge is 0.159 e. The van der Waals surface area contributed by atoms with Gasteiger partial charge < -0.3 is 19.0 Å². The highest BCUT2D eigenvalue weighted by Crippen LogP contribution is 2.52. The molecular weight excluding hydrogens is 845 g/mol. The quantitative estimate of drug-likeness (QED) is 0.112. The molecule has 1 aromatic heterocycles. The molecule has 0 amide bonds. The molecule has 68 heavy (non-hydrogen) atoms. The minimum Gasteiger partial charge on any atom is -0.456 e. The van der Waals surface area contributed by atoms with Crippen molar-refractivity contribution in [3.05, 3.63) is 224 Å². The van der Waals surface area contributed by atoms with Gasteiger partial charge in [0.05, 0.1) is 19.4 Å². The number of hydrogen-bond donors (Lipinski definition) is 0. The van der Waals surface area contributed by atoms with Crippen LogP contribution in [0.1, 0.15) is 0 Å². The van der Waals surface area contributed by atoms with Gasteiger partial charge in [-0.25, -0.2) is 0 Å². The predicted molar refractivity (Wildman–Crippen MR) is 290 cm³/mol. The number of rotatable bonds is 8. The molecule has 0 spiro atoms. The van der Waals surface area contributed by atoms with Crippen molar-refractivity contribution >= 4 is 102 Å². The van der Waals surface area contributed by atoms with Gasteiger partial charge in [0, 0.05) is 50.5 Å². The number of hydrogen-bond acceptors (Lipinski definition) is 4. The molecule has 0 aliphatic carbocycles. The van der Waals surface area contributed by atoms with Gasteiger partial charge in [-0.1, -0.05) is 152 Å². The Labute approximate surface area is 396 Å². The maximum atomic E-state index is 6.98. The van der Waals surface area contributed by atoms with Crippen LogP contribution in [0.4, 0.5) is 34.1 Å². The molecule has 0 unspecified atom stereocenters. The van der Waals surface area contributed by atoms with Crippen LogP contribution in [0.15, 0.2) is 229 Å². The number of para-hydroxylation sites is 4. The highest BCUT2D eigenvalue weighted by molar-refractivity contribution is 6.88. The van der Waals surface area contributed by atoms with Crippen molar-refractivity contribution in [1.29, 1.82) is 0 Å². The number of fused-ring (bicyclic) bond motifs is 9. The molecule has 0 saturated heterocycles. The van der Waals surface area contributed by atoms with Gasteiger partial charge in [-0.3, -0.25) is 0 Å². The maximum absolute atomic E-state index is 6.98. The van der Waals surface area contributed by atoms with E-state index in [4.69, 9.17) is 9.15 Å². The second kappa shape index (κ2) is 15.6. The van der Waals surface area contributed by atoms with Gasteiger partial charge in [0.2, 0.25) is 0 Å². The summed E-state index contributed by atoms with van der Waals surface area (Å²) in [5.41, 5.74) is 12.7. The van der Waals surface area contributed by atoms with E-state index < -0.39 is 8.07 Å². The number of anilines is 6. The molecule has 1 aliphatic rings. The summed E-state index contributed by atoms with van der Waals surface area (Å²) >= 11 is 0. The topological polar surface area (TPSA) is 28.9 Å². The molecule has 324 valence electrons. The lowest BCUT2D eigenvalue weighted by molar-refractivity contribution is 0.487. The summed E-state index contributed by atoms with van der Waals surface area (Å²) in [5.74, 6) is 1.67. The third-order valence-corrected chi connectivity index (χ3v) is 15.8. The van der Waals surface area contributed by atoms with Crippen LogP contribution in [0.3, 0.4) is 0 Å². The zero-order valence-corrected chi connectivity index (χ0v) is 39.1. The van der Waals surface area contributed by atoms with Crippen LogP contribution in [0, 0.1) is 0 Å². The van der Waals surface area contributed by atoms with Gasteiger partial charge in [-0.2, -0.15) is 0 Å². The van der Waals surface area contributed by atoms with Gasteiger partial charge in [0.1, 0.15) is 17.1 Å². The second-order valence-electron chi connectivity index (χ2n) is 18.9. The van der Waals surface area contributed by atoms with Crippen LogP contribution in [-0.4, -0.2) is 8.07 Å². The van der Waals surface area contributed by atoms with Gasteiger partial charge in [0.15, 0.2) is 5.58 Å². The van der Waals surface area contributed by atoms with E-state index in [1.54, 1.807) is 0 Å². The van der Waals surface area contributed by atoms with E-state index in [2.05, 4.69) is 242 Å². The Hall–Kier alpha value is -8.38. The first-order valence-electron chi connectivity index (χ1n) is 23.4. The molecule has 5 heteroatoms. The lowest BCUT2D eigenvalue weighted by Gasteiger charge is -2.28. The zero-order chi connectivity index (χ0) is 45.5. The molecule has 0 atom stereocenters. The standard InChI is InChI=1S/C63H46N2O2Si/c1-68(2,3)47-35-32-45(33-36-47)64(42-16-6-4-7-17-42)44-30-28-41(29-31-44)54-39-56-52-23-15-27-60-62(52)57(40-55(56)49-21-11-10-20-48(49)54)51-37-34-46(38-61(51)66-60)65(43-18-8-5-9-19-43)58-25-14-24-53-50-22-12-13-26-59(50)67-63(53)58/h4-40H,1-3H3. The number of ether oxygens (including phenoxy) is 1. The lowest BCUT2D eigenvalue weighted by Crippen LogP contribution is -2.37. The average molecular weight is 891 g/mol. The molecule has 0 bridgehead atoms. The van der Waals surface area contributed by atoms with Crippen LogP contribution >= 0.6 is 0 Å². The number of benzene rings is 11. The molecule has 0 N–H and O–H groups in total. The first-order valence-corrected chi connectivity index (χ1v) is 26.9. The fraction of sp³-hybridized carbons (Fsp3) is 0.0476. The molecule has 12 aromatic rings. The number of furan rings is 1. The van der Waals surface area contributed by atoms with E-state index in [9.17, 15) is 0 Å². The maximum Gasteiger partial charge on any atom is 0.159 e. The molecule has 1 aliphatic heterocycles. The third kappa shape index (κ3) is 6.50. The minimum absolute atomic E-state index is 0.817. The molecular formula is C63H46N2O2Si. The van der Waals surface area contributed by atoms with Crippen LogP contribution < -0.4 is 19.7 Å². The fourth-order valence-electron chi connectivity index (χ4n) is 10.5. The molecule has 4 nitrogen and oxygen atoms in total. The van der Waals surface area contributed by atoms with Crippen LogP contribution in [0.25, 0.3) is 76.5 Å². The summed E-state index contributed by atoms with van der Waals surface area (Å²) in [6, 6.07) is 80.9. The van der Waals surface area contributed by atoms with Crippen molar-refractivity contribution < 1.29 is 9.15 Å². The summed E-state index contributed by atoms with van der Waals surface area (Å²) in [4.78, 5) is 4.63. The Balaban J connectivity index is 0.932. The average Bonchev–Trinajstić information content (AvgIpc) is 3.77. The van der Waals surface area contributed by atoms with E-state index in [1.807, 2.05) is 12.1 Å². The molecule has 0 radical (unpaired) electrons. The number of nitrogens with zero attached hydrogens (tertiary/aromatic N) is 2. The monoisotopic (exact) mass is 890 g/mol. The van der Waals surface area contributed by atoms with Gasteiger partial charge >= 0.3 is 0 Å². The fourth-order valence-corrected chi connectivity index (χ4v) is 11.6. The summed E-state index contributed by atoms with van der Waals surface area (Å²) in [5, 5.41) is 10.8. The first-order chi connectivity index (χ1) is 33.4. The van der Waals surface area contributed by atoms with Crippen molar-refractivity contribution in [2.24, 2.45) is 0 Å². The lowest BCUT2D eigenvalue weighted by atomic mass is 9.86. The van der Waals surface area contributed by atoms with E-state index in [0.29, 0.717) is 0 Å². The second-order valence-corrected chi connectivity index (χ2v) is 24.0. The van der Waals surface area contributed by atoms with E-state index in [-0.39, 0.29) is 0 Å². The summed E-state index contributed by atoms with van der Waals surface area (Å²) < 4.78 is 13.6.